The summed E-state index contributed by atoms with van der Waals surface area (Å²) < 4.78 is 4.78. The molecule has 0 aliphatic carbocycles. The summed E-state index contributed by atoms with van der Waals surface area (Å²) in [6.07, 6.45) is 0. The first-order valence-electron chi connectivity index (χ1n) is 21.0. The highest BCUT2D eigenvalue weighted by molar-refractivity contribution is 6.10. The SMILES string of the molecule is Cc1cc(C)cc(N=c2c3c(Nc4cc(C)cc(C)c4)c4c(C)cc(C)cc4n3c(=Nc3cc(C)cc(C)c3)c3c(Nc4cc(C)cc(C)c4)c4c(C)cc(C)cc4n23)c1. The van der Waals surface area contributed by atoms with E-state index in [-0.39, 0.29) is 0 Å². The minimum absolute atomic E-state index is 0.831. The summed E-state index contributed by atoms with van der Waals surface area (Å²) in [6, 6.07) is 35.8. The van der Waals surface area contributed by atoms with Gasteiger partial charge in [0.05, 0.1) is 33.8 Å². The lowest BCUT2D eigenvalue weighted by Gasteiger charge is -2.13. The third-order valence-corrected chi connectivity index (χ3v) is 11.5. The van der Waals surface area contributed by atoms with Gasteiger partial charge >= 0.3 is 0 Å². The molecule has 0 atom stereocenters. The lowest BCUT2D eigenvalue weighted by molar-refractivity contribution is 1.00. The van der Waals surface area contributed by atoms with Crippen LogP contribution in [0.25, 0.3) is 32.8 Å². The highest BCUT2D eigenvalue weighted by atomic mass is 15.1. The third kappa shape index (κ3) is 6.90. The van der Waals surface area contributed by atoms with Gasteiger partial charge in [-0.25, -0.2) is 9.98 Å². The number of nitrogens with zero attached hydrogens (tertiary/aromatic N) is 4. The second-order valence-electron chi connectivity index (χ2n) is 17.6. The molecular formula is C54H54N6. The molecule has 300 valence electrons. The number of fused-ring (bicyclic) bond motifs is 6. The van der Waals surface area contributed by atoms with Crippen LogP contribution in [0.3, 0.4) is 0 Å². The smallest absolute Gasteiger partial charge is 0.165 e. The summed E-state index contributed by atoms with van der Waals surface area (Å²) in [6.45, 7) is 26.1. The first kappa shape index (κ1) is 38.8. The number of hydrogen-bond acceptors (Lipinski definition) is 4. The summed E-state index contributed by atoms with van der Waals surface area (Å²) in [7, 11) is 0. The zero-order chi connectivity index (χ0) is 42.3. The molecule has 6 nitrogen and oxygen atoms in total. The molecule has 0 bridgehead atoms. The van der Waals surface area contributed by atoms with Crippen LogP contribution in [0.4, 0.5) is 34.1 Å². The van der Waals surface area contributed by atoms with Crippen molar-refractivity contribution in [3.63, 3.8) is 0 Å². The van der Waals surface area contributed by atoms with Crippen molar-refractivity contribution in [1.82, 2.24) is 8.80 Å². The molecule has 0 unspecified atom stereocenters. The quantitative estimate of drug-likeness (QED) is 0.176. The van der Waals surface area contributed by atoms with E-state index in [0.29, 0.717) is 0 Å². The second-order valence-corrected chi connectivity index (χ2v) is 17.6. The molecule has 0 aliphatic heterocycles. The summed E-state index contributed by atoms with van der Waals surface area (Å²) in [5.41, 5.74) is 25.9. The molecule has 6 heteroatoms. The predicted octanol–water partition coefficient (Wildman–Crippen LogP) is 13.6. The monoisotopic (exact) mass is 786 g/mol. The fourth-order valence-corrected chi connectivity index (χ4v) is 9.78. The van der Waals surface area contributed by atoms with Gasteiger partial charge in [0.15, 0.2) is 11.0 Å². The third-order valence-electron chi connectivity index (χ3n) is 11.5. The van der Waals surface area contributed by atoms with E-state index in [1.165, 1.54) is 66.8 Å². The molecule has 3 aromatic heterocycles. The van der Waals surface area contributed by atoms with Gasteiger partial charge < -0.3 is 10.6 Å². The van der Waals surface area contributed by atoms with E-state index in [1.807, 2.05) is 0 Å². The van der Waals surface area contributed by atoms with E-state index in [9.17, 15) is 0 Å². The molecule has 6 aromatic carbocycles. The van der Waals surface area contributed by atoms with E-state index in [1.54, 1.807) is 0 Å². The van der Waals surface area contributed by atoms with E-state index in [4.69, 9.17) is 9.98 Å². The van der Waals surface area contributed by atoms with Crippen molar-refractivity contribution in [3.8, 4) is 0 Å². The molecule has 0 fully saturated rings. The van der Waals surface area contributed by atoms with Gasteiger partial charge in [0.25, 0.3) is 0 Å². The van der Waals surface area contributed by atoms with Gasteiger partial charge in [-0.1, -0.05) is 36.4 Å². The Balaban J connectivity index is 1.63. The Kier molecular flexibility index (Phi) is 9.42. The van der Waals surface area contributed by atoms with Crippen molar-refractivity contribution in [2.24, 2.45) is 9.98 Å². The van der Waals surface area contributed by atoms with Crippen molar-refractivity contribution >= 4 is 67.0 Å². The molecule has 9 aromatic rings. The molecule has 60 heavy (non-hydrogen) atoms. The molecule has 0 amide bonds. The largest absolute Gasteiger partial charge is 0.353 e. The molecule has 0 saturated heterocycles. The maximum absolute atomic E-state index is 5.77. The Morgan fingerprint density at radius 3 is 0.933 bits per heavy atom. The summed E-state index contributed by atoms with van der Waals surface area (Å²) in [5, 5.41) is 10.3. The Hall–Kier alpha value is -6.66. The predicted molar refractivity (Wildman–Crippen MR) is 254 cm³/mol. The number of rotatable bonds is 6. The number of anilines is 4. The molecule has 0 radical (unpaired) electrons. The minimum atomic E-state index is 0.831. The number of aromatic nitrogens is 2. The molecular weight excluding hydrogens is 733 g/mol. The summed E-state index contributed by atoms with van der Waals surface area (Å²) in [5.74, 6) is 0. The summed E-state index contributed by atoms with van der Waals surface area (Å²) >= 11 is 0. The van der Waals surface area contributed by atoms with Gasteiger partial charge in [0.2, 0.25) is 0 Å². The molecule has 0 saturated carbocycles. The number of benzene rings is 6. The standard InChI is InChI=1S/C54H54N6/c1-29-13-30(2)20-41(19-29)55-49-47-39(11)17-37(9)27-45(47)59-51(49)53(57-43-23-33(5)15-34(6)24-43)60-46-28-38(10)18-40(12)48(46)50(56-42-21-31(3)14-32(4)22-42)52(60)54(59)58-44-25-35(7)16-36(8)26-44/h13-28,55-56H,1-12H3. The first-order chi connectivity index (χ1) is 28.6. The van der Waals surface area contributed by atoms with Crippen LogP contribution in [-0.4, -0.2) is 8.80 Å². The van der Waals surface area contributed by atoms with E-state index in [2.05, 4.69) is 200 Å². The molecule has 2 N–H and O–H groups in total. The Morgan fingerprint density at radius 2 is 0.617 bits per heavy atom. The van der Waals surface area contributed by atoms with Crippen LogP contribution in [0.5, 0.6) is 0 Å². The van der Waals surface area contributed by atoms with Gasteiger partial charge in [-0.2, -0.15) is 0 Å². The maximum atomic E-state index is 5.77. The Bertz CT molecular complexity index is 3090. The highest BCUT2D eigenvalue weighted by Crippen LogP contribution is 2.40. The van der Waals surface area contributed by atoms with E-state index in [0.717, 1.165) is 77.9 Å². The van der Waals surface area contributed by atoms with Crippen LogP contribution in [0.1, 0.15) is 66.8 Å². The van der Waals surface area contributed by atoms with Gasteiger partial charge in [-0.05, 0) is 211 Å². The maximum Gasteiger partial charge on any atom is 0.165 e. The lowest BCUT2D eigenvalue weighted by Crippen LogP contribution is -2.28. The van der Waals surface area contributed by atoms with Crippen LogP contribution in [0, 0.1) is 83.1 Å². The molecule has 0 aliphatic rings. The molecule has 9 rings (SSSR count). The zero-order valence-corrected chi connectivity index (χ0v) is 37.0. The first-order valence-corrected chi connectivity index (χ1v) is 21.0. The fourth-order valence-electron chi connectivity index (χ4n) is 9.78. The van der Waals surface area contributed by atoms with Crippen LogP contribution in [-0.2, 0) is 0 Å². The van der Waals surface area contributed by atoms with Gasteiger partial charge in [0.1, 0.15) is 11.0 Å². The van der Waals surface area contributed by atoms with E-state index < -0.39 is 0 Å². The van der Waals surface area contributed by atoms with Crippen LogP contribution in [0.2, 0.25) is 0 Å². The average Bonchev–Trinajstić information content (AvgIpc) is 3.61. The summed E-state index contributed by atoms with van der Waals surface area (Å²) in [4.78, 5) is 11.5. The lowest BCUT2D eigenvalue weighted by atomic mass is 10.1. The Labute approximate surface area is 353 Å². The normalized spacial score (nSPS) is 12.5. The van der Waals surface area contributed by atoms with Crippen LogP contribution < -0.4 is 21.6 Å². The number of aryl methyl sites for hydroxylation is 12. The molecule has 0 spiro atoms. The Morgan fingerprint density at radius 1 is 0.333 bits per heavy atom. The van der Waals surface area contributed by atoms with Gasteiger partial charge in [-0.3, -0.25) is 8.80 Å². The van der Waals surface area contributed by atoms with Crippen molar-refractivity contribution in [3.05, 3.63) is 175 Å². The van der Waals surface area contributed by atoms with Gasteiger partial charge in [-0.15, -0.1) is 0 Å². The zero-order valence-electron chi connectivity index (χ0n) is 37.0. The van der Waals surface area contributed by atoms with E-state index >= 15 is 0 Å². The highest BCUT2D eigenvalue weighted by Gasteiger charge is 2.26. The molecule has 3 heterocycles. The van der Waals surface area contributed by atoms with Gasteiger partial charge in [0, 0.05) is 22.1 Å². The van der Waals surface area contributed by atoms with Crippen molar-refractivity contribution in [2.75, 3.05) is 10.6 Å². The second kappa shape index (κ2) is 14.6. The van der Waals surface area contributed by atoms with Crippen molar-refractivity contribution < 1.29 is 0 Å². The van der Waals surface area contributed by atoms with Crippen molar-refractivity contribution in [1.29, 1.82) is 0 Å². The average molecular weight is 787 g/mol. The minimum Gasteiger partial charge on any atom is -0.353 e. The number of nitrogens with one attached hydrogen (secondary N) is 2. The fraction of sp³-hybridized carbons (Fsp3) is 0.222. The number of hydrogen-bond donors (Lipinski definition) is 2. The van der Waals surface area contributed by atoms with Crippen LogP contribution >= 0.6 is 0 Å². The topological polar surface area (TPSA) is 57.6 Å². The van der Waals surface area contributed by atoms with Crippen molar-refractivity contribution in [2.45, 2.75) is 83.1 Å². The van der Waals surface area contributed by atoms with Crippen LogP contribution in [0.15, 0.2) is 107 Å².